The number of aromatic nitrogens is 2. The summed E-state index contributed by atoms with van der Waals surface area (Å²) < 4.78 is 13.0. The summed E-state index contributed by atoms with van der Waals surface area (Å²) in [4.78, 5) is 21.2. The zero-order valence-electron chi connectivity index (χ0n) is 20.6. The molecule has 0 saturated carbocycles. The summed E-state index contributed by atoms with van der Waals surface area (Å²) in [6.45, 7) is 7.78. The van der Waals surface area contributed by atoms with E-state index in [1.165, 1.54) is 0 Å². The number of para-hydroxylation sites is 1. The van der Waals surface area contributed by atoms with Crippen molar-refractivity contribution in [3.8, 4) is 16.9 Å². The number of carbonyl (C=O) groups excluding carboxylic acids is 1. The van der Waals surface area contributed by atoms with Crippen molar-refractivity contribution in [1.29, 1.82) is 0 Å². The molecule has 0 aliphatic carbocycles. The van der Waals surface area contributed by atoms with E-state index in [0.29, 0.717) is 23.9 Å². The van der Waals surface area contributed by atoms with E-state index in [1.54, 1.807) is 9.99 Å². The number of fused-ring (bicyclic) bond motifs is 1. The van der Waals surface area contributed by atoms with E-state index >= 15 is 0 Å². The summed E-state index contributed by atoms with van der Waals surface area (Å²) in [5, 5.41) is 3.59. The number of nitrogen functional groups attached to an aromatic ring is 1. The van der Waals surface area contributed by atoms with E-state index in [9.17, 15) is 4.79 Å². The molecule has 3 aromatic carbocycles. The molecule has 0 bridgehead atoms. The summed E-state index contributed by atoms with van der Waals surface area (Å²) in [6.07, 6.45) is -0.542. The van der Waals surface area contributed by atoms with Crippen LogP contribution in [0.2, 0.25) is 0 Å². The van der Waals surface area contributed by atoms with Crippen LogP contribution in [0.1, 0.15) is 27.7 Å². The molecule has 0 saturated heterocycles. The molecule has 0 fully saturated rings. The molecule has 4 aromatic rings. The van der Waals surface area contributed by atoms with Crippen LogP contribution in [-0.2, 0) is 4.74 Å². The number of nitrogens with zero attached hydrogens (tertiary/aromatic N) is 3. The molecule has 8 nitrogen and oxygen atoms in total. The minimum Gasteiger partial charge on any atom is -0.492 e. The molecule has 186 valence electrons. The number of halogens is 1. The zero-order chi connectivity index (χ0) is 25.9. The number of benzene rings is 3. The topological polar surface area (TPSA) is 103 Å². The number of hydrogen-bond donors (Lipinski definition) is 2. The van der Waals surface area contributed by atoms with Crippen molar-refractivity contribution in [1.82, 2.24) is 9.97 Å². The van der Waals surface area contributed by atoms with Gasteiger partial charge in [-0.2, -0.15) is 4.98 Å². The largest absolute Gasteiger partial charge is 0.492 e. The normalized spacial score (nSPS) is 11.2. The van der Waals surface area contributed by atoms with Crippen LogP contribution >= 0.6 is 16.1 Å². The smallest absolute Gasteiger partial charge is 0.412 e. The predicted octanol–water partition coefficient (Wildman–Crippen LogP) is 7.07. The van der Waals surface area contributed by atoms with Crippen LogP contribution in [0.25, 0.3) is 22.0 Å². The predicted molar refractivity (Wildman–Crippen MR) is 148 cm³/mol. The van der Waals surface area contributed by atoms with Gasteiger partial charge in [-0.15, -0.1) is 0 Å². The number of hydrogen-bond acceptors (Lipinski definition) is 7. The summed E-state index contributed by atoms with van der Waals surface area (Å²) in [5.41, 5.74) is 9.38. The van der Waals surface area contributed by atoms with Crippen molar-refractivity contribution in [2.45, 2.75) is 33.3 Å². The minimum absolute atomic E-state index is 0.182. The molecule has 1 aromatic heterocycles. The number of ether oxygens (including phenoxy) is 2. The van der Waals surface area contributed by atoms with Gasteiger partial charge in [-0.05, 0) is 75.2 Å². The molecule has 0 aliphatic heterocycles. The van der Waals surface area contributed by atoms with Crippen molar-refractivity contribution in [3.63, 3.8) is 0 Å². The van der Waals surface area contributed by atoms with Crippen LogP contribution in [0.5, 0.6) is 5.75 Å². The highest BCUT2D eigenvalue weighted by Gasteiger charge is 2.19. The maximum absolute atomic E-state index is 12.3. The highest BCUT2D eigenvalue weighted by atomic mass is 79.9. The highest BCUT2D eigenvalue weighted by Crippen LogP contribution is 2.37. The van der Waals surface area contributed by atoms with Crippen LogP contribution in [0.4, 0.5) is 27.9 Å². The lowest BCUT2D eigenvalue weighted by Crippen LogP contribution is -2.27. The number of carbonyl (C=O) groups is 1. The standard InChI is InChI=1S/C27H28BrN5O3/c1-5-35-23-16-18(12-14-22(23)31-26(34)36-27(2,3)4)17-11-13-21-20(15-17)24(32-25(29)30-21)33(28)19-9-7-6-8-10-19/h6-16H,5H2,1-4H3,(H,31,34)(H2,29,30,32). The van der Waals surface area contributed by atoms with Gasteiger partial charge in [0.2, 0.25) is 5.95 Å². The molecule has 0 unspecified atom stereocenters. The van der Waals surface area contributed by atoms with E-state index in [1.807, 2.05) is 88.4 Å². The second-order valence-electron chi connectivity index (χ2n) is 9.02. The fraction of sp³-hybridized carbons (Fsp3) is 0.222. The Morgan fingerprint density at radius 2 is 1.72 bits per heavy atom. The Morgan fingerprint density at radius 3 is 2.42 bits per heavy atom. The van der Waals surface area contributed by atoms with Crippen molar-refractivity contribution < 1.29 is 14.3 Å². The van der Waals surface area contributed by atoms with Gasteiger partial charge in [0.25, 0.3) is 0 Å². The quantitative estimate of drug-likeness (QED) is 0.248. The van der Waals surface area contributed by atoms with Gasteiger partial charge in [-0.25, -0.2) is 9.78 Å². The SMILES string of the molecule is CCOc1cc(-c2ccc3nc(N)nc(N(Br)c4ccccc4)c3c2)ccc1NC(=O)OC(C)(C)C. The van der Waals surface area contributed by atoms with Crippen molar-refractivity contribution in [2.24, 2.45) is 0 Å². The number of nitrogens with one attached hydrogen (secondary N) is 1. The first-order chi connectivity index (χ1) is 17.1. The van der Waals surface area contributed by atoms with E-state index in [0.717, 1.165) is 27.7 Å². The summed E-state index contributed by atoms with van der Waals surface area (Å²) in [7, 11) is 0. The van der Waals surface area contributed by atoms with Crippen LogP contribution in [-0.4, -0.2) is 28.3 Å². The summed E-state index contributed by atoms with van der Waals surface area (Å²) >= 11 is 3.63. The summed E-state index contributed by atoms with van der Waals surface area (Å²) in [6, 6.07) is 21.3. The number of nitrogens with two attached hydrogens (primary N) is 1. The third-order valence-electron chi connectivity index (χ3n) is 5.11. The molecule has 1 heterocycles. The average molecular weight is 550 g/mol. The Labute approximate surface area is 218 Å². The first kappa shape index (κ1) is 25.2. The Hall–Kier alpha value is -3.85. The van der Waals surface area contributed by atoms with Gasteiger partial charge in [-0.1, -0.05) is 30.3 Å². The Kier molecular flexibility index (Phi) is 7.30. The van der Waals surface area contributed by atoms with E-state index in [4.69, 9.17) is 15.2 Å². The maximum Gasteiger partial charge on any atom is 0.412 e. The van der Waals surface area contributed by atoms with Crippen molar-refractivity contribution in [3.05, 3.63) is 66.7 Å². The Bertz CT molecular complexity index is 1390. The van der Waals surface area contributed by atoms with Gasteiger partial charge >= 0.3 is 6.09 Å². The van der Waals surface area contributed by atoms with Crippen molar-refractivity contribution >= 4 is 56.3 Å². The first-order valence-electron chi connectivity index (χ1n) is 11.5. The zero-order valence-corrected chi connectivity index (χ0v) is 22.2. The van der Waals surface area contributed by atoms with Gasteiger partial charge in [0, 0.05) is 5.39 Å². The minimum atomic E-state index is -0.604. The number of amides is 1. The van der Waals surface area contributed by atoms with Gasteiger partial charge in [0.15, 0.2) is 5.82 Å². The molecule has 0 aliphatic rings. The second-order valence-corrected chi connectivity index (χ2v) is 9.73. The van der Waals surface area contributed by atoms with Gasteiger partial charge < -0.3 is 15.2 Å². The molecule has 1 amide bonds. The van der Waals surface area contributed by atoms with Crippen LogP contribution in [0.15, 0.2) is 66.7 Å². The molecular formula is C27H28BrN5O3. The number of rotatable bonds is 6. The monoisotopic (exact) mass is 549 g/mol. The van der Waals surface area contributed by atoms with Crippen LogP contribution in [0, 0.1) is 0 Å². The molecule has 3 N–H and O–H groups in total. The van der Waals surface area contributed by atoms with Crippen LogP contribution < -0.4 is 19.7 Å². The maximum atomic E-state index is 12.3. The van der Waals surface area contributed by atoms with Gasteiger partial charge in [0.1, 0.15) is 11.4 Å². The van der Waals surface area contributed by atoms with E-state index in [-0.39, 0.29) is 5.95 Å². The summed E-state index contributed by atoms with van der Waals surface area (Å²) in [5.74, 6) is 1.35. The lowest BCUT2D eigenvalue weighted by molar-refractivity contribution is 0.0635. The molecule has 0 radical (unpaired) electrons. The second kappa shape index (κ2) is 10.4. The Balaban J connectivity index is 1.73. The lowest BCUT2D eigenvalue weighted by Gasteiger charge is -2.21. The molecule has 9 heteroatoms. The fourth-order valence-corrected chi connectivity index (χ4v) is 4.14. The van der Waals surface area contributed by atoms with Crippen LogP contribution in [0.3, 0.4) is 0 Å². The molecule has 0 spiro atoms. The van der Waals surface area contributed by atoms with Crippen molar-refractivity contribution in [2.75, 3.05) is 21.6 Å². The molecule has 0 atom stereocenters. The van der Waals surface area contributed by atoms with Gasteiger partial charge in [-0.3, -0.25) is 9.24 Å². The third-order valence-corrected chi connectivity index (χ3v) is 5.86. The highest BCUT2D eigenvalue weighted by molar-refractivity contribution is 9.10. The first-order valence-corrected chi connectivity index (χ1v) is 12.2. The van der Waals surface area contributed by atoms with E-state index < -0.39 is 11.7 Å². The molecule has 4 rings (SSSR count). The molecule has 36 heavy (non-hydrogen) atoms. The Morgan fingerprint density at radius 1 is 1.03 bits per heavy atom. The lowest BCUT2D eigenvalue weighted by atomic mass is 10.0. The number of anilines is 4. The van der Waals surface area contributed by atoms with E-state index in [2.05, 4.69) is 31.4 Å². The third kappa shape index (κ3) is 5.85. The average Bonchev–Trinajstić information content (AvgIpc) is 2.83. The van der Waals surface area contributed by atoms with Gasteiger partial charge in [0.05, 0.1) is 39.6 Å². The molecular weight excluding hydrogens is 522 g/mol. The fourth-order valence-electron chi connectivity index (χ4n) is 3.63.